The zero-order valence-electron chi connectivity index (χ0n) is 39.4. The quantitative estimate of drug-likeness (QED) is 0.0439. The zero-order valence-corrected chi connectivity index (χ0v) is 41.0. The summed E-state index contributed by atoms with van der Waals surface area (Å²) in [6.45, 7) is 6.09. The molecule has 4 bridgehead atoms. The first kappa shape index (κ1) is 52.8. The van der Waals surface area contributed by atoms with E-state index in [0.717, 1.165) is 11.1 Å². The van der Waals surface area contributed by atoms with Crippen LogP contribution in [0.2, 0.25) is 5.02 Å². The molecule has 1 aromatic carbocycles. The Morgan fingerprint density at radius 2 is 1.82 bits per heavy atom. The number of rotatable bonds is 12. The number of epoxide rings is 1. The van der Waals surface area contributed by atoms with Crippen molar-refractivity contribution in [3.63, 3.8) is 0 Å². The lowest BCUT2D eigenvalue weighted by Gasteiger charge is -2.42. The zero-order chi connectivity index (χ0) is 49.8. The highest BCUT2D eigenvalue weighted by Gasteiger charge is 2.64. The Kier molecular flexibility index (Phi) is 17.1. The largest absolute Gasteiger partial charge is 0.457 e. The second kappa shape index (κ2) is 22.0. The number of amides is 6. The van der Waals surface area contributed by atoms with Crippen molar-refractivity contribution in [2.24, 2.45) is 29.5 Å². The number of esters is 1. The van der Waals surface area contributed by atoms with Gasteiger partial charge in [0.15, 0.2) is 5.72 Å². The summed E-state index contributed by atoms with van der Waals surface area (Å²) in [4.78, 5) is 96.8. The van der Waals surface area contributed by atoms with Gasteiger partial charge in [0, 0.05) is 63.4 Å². The number of anilines is 1. The minimum absolute atomic E-state index is 0.00957. The predicted molar refractivity (Wildman–Crippen MR) is 250 cm³/mol. The van der Waals surface area contributed by atoms with E-state index < -0.39 is 96.3 Å². The molecule has 0 radical (unpaired) electrons. The number of ether oxygens (including phenoxy) is 3. The van der Waals surface area contributed by atoms with E-state index in [4.69, 9.17) is 31.7 Å². The van der Waals surface area contributed by atoms with Crippen molar-refractivity contribution in [1.82, 2.24) is 20.5 Å². The summed E-state index contributed by atoms with van der Waals surface area (Å²) >= 11 is 7.96. The van der Waals surface area contributed by atoms with E-state index in [1.165, 1.54) is 47.5 Å². The van der Waals surface area contributed by atoms with E-state index in [0.29, 0.717) is 43.4 Å². The number of allylic oxidation sites excluding steroid dienone is 3. The number of hydrogen-bond acceptors (Lipinski definition) is 15. The number of nitrogens with zero attached hydrogens (tertiary/aromatic N) is 3. The van der Waals surface area contributed by atoms with Crippen LogP contribution in [0.3, 0.4) is 0 Å². The van der Waals surface area contributed by atoms with Crippen LogP contribution in [0.25, 0.3) is 0 Å². The number of nitrogens with two attached hydrogens (primary N) is 1. The molecular formula is C47H65ClN6O13S. The number of carbonyl (C=O) groups excluding carboxylic acids is 7. The van der Waals surface area contributed by atoms with Gasteiger partial charge in [-0.3, -0.25) is 39.6 Å². The molecular weight excluding hydrogens is 924 g/mol. The first-order chi connectivity index (χ1) is 32.1. The number of alkyl carbamates (subject to hydrolysis) is 1. The van der Waals surface area contributed by atoms with Gasteiger partial charge in [0.1, 0.15) is 23.9 Å². The fraction of sp³-hybridized carbons (Fsp3) is 0.638. The van der Waals surface area contributed by atoms with E-state index >= 15 is 0 Å². The summed E-state index contributed by atoms with van der Waals surface area (Å²) in [7, 11) is 2.95. The Bertz CT molecular complexity index is 2190. The Morgan fingerprint density at radius 1 is 1.12 bits per heavy atom. The summed E-state index contributed by atoms with van der Waals surface area (Å²) in [5, 5.41) is 34.4. The summed E-state index contributed by atoms with van der Waals surface area (Å²) in [5.74, 6) is 1.21. The van der Waals surface area contributed by atoms with Crippen molar-refractivity contribution in [2.75, 3.05) is 37.9 Å². The molecule has 7 N–H and O–H groups in total. The molecule has 0 aromatic heterocycles. The summed E-state index contributed by atoms with van der Waals surface area (Å²) in [5.41, 5.74) is 1.19. The van der Waals surface area contributed by atoms with Crippen LogP contribution >= 0.6 is 23.4 Å². The highest BCUT2D eigenvalue weighted by Crippen LogP contribution is 2.49. The number of halogens is 1. The summed E-state index contributed by atoms with van der Waals surface area (Å²) < 4.78 is 18.0. The maximum absolute atomic E-state index is 14.3. The SMILES string of the molecule is C/C1=C\C=C\[C@@H](CO)[C@@]2(O)C[C@H](OC(=O)N2)[C@@H](C)C2O[C@]2(C)[C@@H](OC(=O)[C@H](C)N(C)C(=O)CCSC2CC(=O)N(CC3CCC(C(=O)NN)CC3)C2=O)CC(=O)N(C)c2cc(cc(CO)c2Cl)C1. The van der Waals surface area contributed by atoms with Gasteiger partial charge in [-0.2, -0.15) is 0 Å². The number of fused-ring (bicyclic) bond motifs is 5. The molecule has 1 saturated carbocycles. The molecule has 6 rings (SSSR count). The Hall–Kier alpha value is -4.57. The van der Waals surface area contributed by atoms with Crippen LogP contribution in [0.15, 0.2) is 35.9 Å². The second-order valence-electron chi connectivity index (χ2n) is 19.0. The third-order valence-corrected chi connectivity index (χ3v) is 16.0. The van der Waals surface area contributed by atoms with Crippen LogP contribution in [0, 0.1) is 23.7 Å². The number of likely N-dealkylation sites (N-methyl/N-ethyl adjacent to an activating group) is 1. The van der Waals surface area contributed by atoms with Gasteiger partial charge in [-0.1, -0.05) is 48.4 Å². The maximum Gasteiger partial charge on any atom is 0.409 e. The smallest absolute Gasteiger partial charge is 0.409 e. The van der Waals surface area contributed by atoms with E-state index in [1.807, 2.05) is 6.92 Å². The van der Waals surface area contributed by atoms with Gasteiger partial charge >= 0.3 is 12.1 Å². The molecule has 4 heterocycles. The Labute approximate surface area is 405 Å². The molecule has 4 aliphatic heterocycles. The van der Waals surface area contributed by atoms with E-state index in [9.17, 15) is 48.9 Å². The van der Waals surface area contributed by atoms with Gasteiger partial charge in [0.05, 0.1) is 41.7 Å². The van der Waals surface area contributed by atoms with Crippen molar-refractivity contribution in [3.8, 4) is 0 Å². The molecule has 9 atom stereocenters. The number of hydrogen-bond donors (Lipinski definition) is 6. The number of nitrogens with one attached hydrogen (secondary N) is 2. The average molecular weight is 990 g/mol. The van der Waals surface area contributed by atoms with Crippen LogP contribution in [0.5, 0.6) is 0 Å². The number of aliphatic hydroxyl groups is 3. The molecule has 21 heteroatoms. The molecule has 19 nitrogen and oxygen atoms in total. The number of carbonyl (C=O) groups is 7. The highest BCUT2D eigenvalue weighted by atomic mass is 35.5. The van der Waals surface area contributed by atoms with Gasteiger partial charge in [0.2, 0.25) is 29.5 Å². The Balaban J connectivity index is 1.15. The van der Waals surface area contributed by atoms with Crippen molar-refractivity contribution in [2.45, 2.75) is 133 Å². The van der Waals surface area contributed by atoms with Crippen LogP contribution in [-0.4, -0.2) is 141 Å². The van der Waals surface area contributed by atoms with Crippen LogP contribution in [0.1, 0.15) is 90.2 Å². The normalized spacial score (nSPS) is 32.8. The van der Waals surface area contributed by atoms with Crippen LogP contribution in [-0.2, 0) is 56.0 Å². The van der Waals surface area contributed by atoms with Crippen molar-refractivity contribution in [1.29, 1.82) is 0 Å². The van der Waals surface area contributed by atoms with Gasteiger partial charge in [0.25, 0.3) is 0 Å². The first-order valence-electron chi connectivity index (χ1n) is 23.1. The standard InChI is InChI=1S/C47H65ClN6O13S/c1-25-8-7-9-32(24-56)47(64)21-34(65-45(63)50-47)26(2)41-46(4,67-41)36(20-38(58)53(6)33-18-29(16-25)17-31(23-55)40(33)48)66-44(62)27(3)52(5)37(57)14-15-68-35-19-39(59)54(43(35)61)22-28-10-12-30(13-11-28)42(60)51-49/h7-9,17-18,26-28,30,32,34-36,41,55-56,64H,10-16,19-24,49H2,1-6H3,(H,50,63)(H,51,60)/b9-7+,25-8+/t26-,27+,28?,30?,32+,34+,35?,36+,41?,46-,47+/m1/s1. The average Bonchev–Trinajstić information content (AvgIpc) is 3.94. The van der Waals surface area contributed by atoms with E-state index in [-0.39, 0.29) is 66.1 Å². The Morgan fingerprint density at radius 3 is 2.49 bits per heavy atom. The van der Waals surface area contributed by atoms with E-state index in [2.05, 4.69) is 10.7 Å². The van der Waals surface area contributed by atoms with Crippen molar-refractivity contribution < 1.29 is 63.1 Å². The molecule has 5 aliphatic rings. The maximum atomic E-state index is 14.3. The minimum Gasteiger partial charge on any atom is -0.457 e. The minimum atomic E-state index is -1.91. The fourth-order valence-corrected chi connectivity index (χ4v) is 11.1. The second-order valence-corrected chi connectivity index (χ2v) is 20.7. The van der Waals surface area contributed by atoms with Gasteiger partial charge in [-0.05, 0) is 76.0 Å². The monoisotopic (exact) mass is 988 g/mol. The number of hydrazine groups is 1. The number of aliphatic hydroxyl groups excluding tert-OH is 2. The van der Waals surface area contributed by atoms with Gasteiger partial charge in [-0.25, -0.2) is 15.4 Å². The topological polar surface area (TPSA) is 271 Å². The fourth-order valence-electron chi connectivity index (χ4n) is 9.73. The number of thioether (sulfide) groups is 1. The van der Waals surface area contributed by atoms with Gasteiger partial charge in [-0.15, -0.1) is 11.8 Å². The number of likely N-dealkylation sites (tertiary alicyclic amines) is 1. The summed E-state index contributed by atoms with van der Waals surface area (Å²) in [6, 6.07) is 2.30. The van der Waals surface area contributed by atoms with Crippen LogP contribution < -0.4 is 21.5 Å². The number of benzene rings is 1. The molecule has 0 spiro atoms. The predicted octanol–water partition coefficient (Wildman–Crippen LogP) is 2.64. The molecule has 68 heavy (non-hydrogen) atoms. The molecule has 374 valence electrons. The van der Waals surface area contributed by atoms with Gasteiger partial charge < -0.3 is 39.3 Å². The molecule has 6 amide bonds. The first-order valence-corrected chi connectivity index (χ1v) is 24.5. The lowest BCUT2D eigenvalue weighted by Crippen LogP contribution is -2.62. The third-order valence-electron chi connectivity index (χ3n) is 14.4. The van der Waals surface area contributed by atoms with Crippen molar-refractivity contribution >= 4 is 70.6 Å². The lowest BCUT2D eigenvalue weighted by atomic mass is 9.81. The third kappa shape index (κ3) is 11.7. The molecule has 3 saturated heterocycles. The van der Waals surface area contributed by atoms with Crippen LogP contribution in [0.4, 0.5) is 10.5 Å². The summed E-state index contributed by atoms with van der Waals surface area (Å²) in [6.07, 6.45) is 3.56. The van der Waals surface area contributed by atoms with E-state index in [1.54, 1.807) is 44.2 Å². The molecule has 1 aromatic rings. The number of imide groups is 1. The molecule has 1 aliphatic carbocycles. The molecule has 4 fully saturated rings. The highest BCUT2D eigenvalue weighted by molar-refractivity contribution is 8.00. The lowest BCUT2D eigenvalue weighted by molar-refractivity contribution is -0.162. The van der Waals surface area contributed by atoms with Crippen molar-refractivity contribution in [3.05, 3.63) is 52.1 Å². The molecule has 2 unspecified atom stereocenters.